The number of nitrogens with one attached hydrogen (secondary N) is 1. The van der Waals surface area contributed by atoms with E-state index in [2.05, 4.69) is 10.4 Å². The third-order valence-corrected chi connectivity index (χ3v) is 4.81. The molecule has 1 N–H and O–H groups in total. The molecule has 25 heavy (non-hydrogen) atoms. The minimum absolute atomic E-state index is 0.131. The second-order valence-electron chi connectivity index (χ2n) is 6.41. The summed E-state index contributed by atoms with van der Waals surface area (Å²) in [6, 6.07) is 6.83. The number of hydrogen-bond donors (Lipinski definition) is 1. The van der Waals surface area contributed by atoms with E-state index in [0.717, 1.165) is 23.9 Å². The third-order valence-electron chi connectivity index (χ3n) is 4.81. The summed E-state index contributed by atoms with van der Waals surface area (Å²) in [4.78, 5) is 37.5. The lowest BCUT2D eigenvalue weighted by molar-refractivity contribution is -0.149. The number of ether oxygens (including phenoxy) is 1. The molecule has 7 heteroatoms. The molecule has 1 aliphatic carbocycles. The number of fused-ring (bicyclic) bond motifs is 1. The van der Waals surface area contributed by atoms with Crippen molar-refractivity contribution in [2.24, 2.45) is 7.05 Å². The Morgan fingerprint density at radius 3 is 2.44 bits per heavy atom. The van der Waals surface area contributed by atoms with Gasteiger partial charge in [-0.3, -0.25) is 9.59 Å². The molecule has 1 saturated carbocycles. The summed E-state index contributed by atoms with van der Waals surface area (Å²) in [5.74, 6) is -0.909. The van der Waals surface area contributed by atoms with E-state index >= 15 is 0 Å². The Kier molecular flexibility index (Phi) is 4.57. The molecule has 1 aliphatic rings. The van der Waals surface area contributed by atoms with Gasteiger partial charge in [0.15, 0.2) is 5.69 Å². The molecule has 1 fully saturated rings. The Bertz CT molecular complexity index is 882. The molecular weight excluding hydrogens is 322 g/mol. The van der Waals surface area contributed by atoms with Crippen molar-refractivity contribution in [3.63, 3.8) is 0 Å². The molecule has 132 valence electrons. The van der Waals surface area contributed by atoms with Gasteiger partial charge in [0.1, 0.15) is 5.54 Å². The molecule has 1 aromatic heterocycles. The number of aryl methyl sites for hydroxylation is 1. The highest BCUT2D eigenvalue weighted by atomic mass is 16.5. The molecule has 0 unspecified atom stereocenters. The number of carbonyl (C=O) groups excluding carboxylic acids is 2. The molecule has 2 aromatic rings. The lowest BCUT2D eigenvalue weighted by Gasteiger charge is -2.35. The lowest BCUT2D eigenvalue weighted by atomic mass is 9.81. The van der Waals surface area contributed by atoms with Gasteiger partial charge in [-0.15, -0.1) is 0 Å². The average molecular weight is 343 g/mol. The summed E-state index contributed by atoms with van der Waals surface area (Å²) in [6.45, 7) is 0. The maximum absolute atomic E-state index is 12.9. The zero-order valence-corrected chi connectivity index (χ0v) is 14.4. The van der Waals surface area contributed by atoms with Crippen molar-refractivity contribution in [2.45, 2.75) is 37.6 Å². The van der Waals surface area contributed by atoms with Crippen LogP contribution in [0, 0.1) is 0 Å². The predicted octanol–water partition coefficient (Wildman–Crippen LogP) is 1.54. The van der Waals surface area contributed by atoms with Gasteiger partial charge >= 0.3 is 5.97 Å². The molecule has 1 heterocycles. The largest absolute Gasteiger partial charge is 0.467 e. The zero-order valence-electron chi connectivity index (χ0n) is 14.4. The van der Waals surface area contributed by atoms with Gasteiger partial charge in [-0.25, -0.2) is 9.48 Å². The van der Waals surface area contributed by atoms with Crippen LogP contribution in [0.5, 0.6) is 0 Å². The molecule has 1 amide bonds. The van der Waals surface area contributed by atoms with Crippen LogP contribution in [0.15, 0.2) is 29.1 Å². The summed E-state index contributed by atoms with van der Waals surface area (Å²) >= 11 is 0. The molecule has 0 atom stereocenters. The molecule has 1 aromatic carbocycles. The van der Waals surface area contributed by atoms with Crippen molar-refractivity contribution < 1.29 is 14.3 Å². The maximum atomic E-state index is 12.9. The fourth-order valence-corrected chi connectivity index (χ4v) is 3.47. The first-order valence-corrected chi connectivity index (χ1v) is 8.35. The number of benzene rings is 1. The van der Waals surface area contributed by atoms with Crippen LogP contribution in [0.1, 0.15) is 42.6 Å². The monoisotopic (exact) mass is 343 g/mol. The number of esters is 1. The first-order valence-electron chi connectivity index (χ1n) is 8.35. The van der Waals surface area contributed by atoms with Gasteiger partial charge in [-0.2, -0.15) is 5.10 Å². The molecule has 0 spiro atoms. The number of amides is 1. The summed E-state index contributed by atoms with van der Waals surface area (Å²) in [6.07, 6.45) is 3.79. The van der Waals surface area contributed by atoms with Crippen molar-refractivity contribution in [3.8, 4) is 0 Å². The number of nitrogens with zero attached hydrogens (tertiary/aromatic N) is 2. The van der Waals surface area contributed by atoms with Gasteiger partial charge in [0.2, 0.25) is 0 Å². The number of rotatable bonds is 3. The second-order valence-corrected chi connectivity index (χ2v) is 6.41. The Morgan fingerprint density at radius 2 is 1.80 bits per heavy atom. The van der Waals surface area contributed by atoms with Crippen molar-refractivity contribution in [1.29, 1.82) is 0 Å². The van der Waals surface area contributed by atoms with Gasteiger partial charge in [0.05, 0.1) is 12.5 Å². The standard InChI is InChI=1S/C18H21N3O4/c1-21-16(23)13-9-5-4-8-12(13)14(20-21)15(22)19-18(17(24)25-2)10-6-3-7-11-18/h4-5,8-9H,3,6-7,10-11H2,1-2H3,(H,19,22). The first-order chi connectivity index (χ1) is 12.0. The van der Waals surface area contributed by atoms with E-state index in [9.17, 15) is 14.4 Å². The highest BCUT2D eigenvalue weighted by Crippen LogP contribution is 2.30. The van der Waals surface area contributed by atoms with Gasteiger partial charge < -0.3 is 10.1 Å². The van der Waals surface area contributed by atoms with Crippen LogP contribution in [0.3, 0.4) is 0 Å². The molecule has 0 saturated heterocycles. The molecule has 0 bridgehead atoms. The normalized spacial score (nSPS) is 16.4. The van der Waals surface area contributed by atoms with E-state index in [0.29, 0.717) is 23.6 Å². The SMILES string of the molecule is COC(=O)C1(NC(=O)c2nn(C)c(=O)c3ccccc23)CCCCC1. The number of carbonyl (C=O) groups is 2. The van der Waals surface area contributed by atoms with Gasteiger partial charge in [-0.05, 0) is 18.9 Å². The van der Waals surface area contributed by atoms with Crippen LogP contribution in [0.25, 0.3) is 10.8 Å². The van der Waals surface area contributed by atoms with Crippen LogP contribution in [0.2, 0.25) is 0 Å². The van der Waals surface area contributed by atoms with E-state index in [-0.39, 0.29) is 11.3 Å². The lowest BCUT2D eigenvalue weighted by Crippen LogP contribution is -2.56. The maximum Gasteiger partial charge on any atom is 0.331 e. The fraction of sp³-hybridized carbons (Fsp3) is 0.444. The Hall–Kier alpha value is -2.70. The average Bonchev–Trinajstić information content (AvgIpc) is 2.64. The van der Waals surface area contributed by atoms with Crippen LogP contribution in [0.4, 0.5) is 0 Å². The number of hydrogen-bond acceptors (Lipinski definition) is 5. The van der Waals surface area contributed by atoms with Gasteiger partial charge in [0.25, 0.3) is 11.5 Å². The van der Waals surface area contributed by atoms with Crippen molar-refractivity contribution in [2.75, 3.05) is 7.11 Å². The van der Waals surface area contributed by atoms with Gasteiger partial charge in [0, 0.05) is 12.4 Å². The minimum Gasteiger partial charge on any atom is -0.467 e. The fourth-order valence-electron chi connectivity index (χ4n) is 3.47. The molecular formula is C18H21N3O4. The third kappa shape index (κ3) is 3.01. The predicted molar refractivity (Wildman–Crippen MR) is 92.3 cm³/mol. The number of aromatic nitrogens is 2. The molecule has 0 aliphatic heterocycles. The van der Waals surface area contributed by atoms with Crippen LogP contribution < -0.4 is 10.9 Å². The highest BCUT2D eigenvalue weighted by Gasteiger charge is 2.42. The van der Waals surface area contributed by atoms with Crippen LogP contribution >= 0.6 is 0 Å². The summed E-state index contributed by atoms with van der Waals surface area (Å²) in [7, 11) is 2.83. The first kappa shape index (κ1) is 17.1. The van der Waals surface area contributed by atoms with Crippen LogP contribution in [-0.4, -0.2) is 34.3 Å². The van der Waals surface area contributed by atoms with E-state index in [1.54, 1.807) is 24.3 Å². The smallest absolute Gasteiger partial charge is 0.331 e. The summed E-state index contributed by atoms with van der Waals surface area (Å²) in [5.41, 5.74) is -1.17. The van der Waals surface area contributed by atoms with Crippen molar-refractivity contribution >= 4 is 22.6 Å². The van der Waals surface area contributed by atoms with Crippen molar-refractivity contribution in [3.05, 3.63) is 40.3 Å². The van der Waals surface area contributed by atoms with E-state index in [1.165, 1.54) is 14.2 Å². The van der Waals surface area contributed by atoms with E-state index in [4.69, 9.17) is 4.74 Å². The summed E-state index contributed by atoms with van der Waals surface area (Å²) < 4.78 is 6.07. The Labute approximate surface area is 145 Å². The van der Waals surface area contributed by atoms with E-state index < -0.39 is 17.4 Å². The Balaban J connectivity index is 2.03. The van der Waals surface area contributed by atoms with E-state index in [1.807, 2.05) is 0 Å². The molecule has 0 radical (unpaired) electrons. The summed E-state index contributed by atoms with van der Waals surface area (Å²) in [5, 5.41) is 7.86. The molecule has 3 rings (SSSR count). The second kappa shape index (κ2) is 6.66. The topological polar surface area (TPSA) is 90.3 Å². The van der Waals surface area contributed by atoms with Crippen LogP contribution in [-0.2, 0) is 16.6 Å². The van der Waals surface area contributed by atoms with Crippen molar-refractivity contribution in [1.82, 2.24) is 15.1 Å². The quantitative estimate of drug-likeness (QED) is 0.854. The number of methoxy groups -OCH3 is 1. The molecule has 7 nitrogen and oxygen atoms in total. The highest BCUT2D eigenvalue weighted by molar-refractivity contribution is 6.06. The Morgan fingerprint density at radius 1 is 1.16 bits per heavy atom. The van der Waals surface area contributed by atoms with Gasteiger partial charge in [-0.1, -0.05) is 37.5 Å². The zero-order chi connectivity index (χ0) is 18.0. The minimum atomic E-state index is -1.03.